The first-order valence-electron chi connectivity index (χ1n) is 11.2. The van der Waals surface area contributed by atoms with Crippen LogP contribution in [0.4, 0.5) is 17.6 Å². The van der Waals surface area contributed by atoms with Gasteiger partial charge in [0.1, 0.15) is 5.82 Å². The minimum Gasteiger partial charge on any atom is -0.440 e. The monoisotopic (exact) mass is 495 g/mol. The van der Waals surface area contributed by atoms with Crippen LogP contribution in [0.2, 0.25) is 0 Å². The second-order valence-corrected chi connectivity index (χ2v) is 10.3. The lowest BCUT2D eigenvalue weighted by atomic mass is 9.97. The first-order chi connectivity index (χ1) is 16.2. The molecule has 2 aliphatic rings. The first kappa shape index (κ1) is 23.3. The number of benzene rings is 1. The fraction of sp³-hybridized carbons (Fsp3) is 0.522. The second-order valence-electron chi connectivity index (χ2n) is 9.21. The van der Waals surface area contributed by atoms with E-state index in [0.29, 0.717) is 23.2 Å². The predicted octanol–water partition coefficient (Wildman–Crippen LogP) is 5.30. The number of hydrogen-bond donors (Lipinski definition) is 0. The fourth-order valence-corrected chi connectivity index (χ4v) is 5.84. The zero-order chi connectivity index (χ0) is 24.1. The summed E-state index contributed by atoms with van der Waals surface area (Å²) in [4.78, 5) is 6.47. The average Bonchev–Trinajstić information content (AvgIpc) is 3.07. The van der Waals surface area contributed by atoms with E-state index in [0.717, 1.165) is 61.6 Å². The van der Waals surface area contributed by atoms with Gasteiger partial charge in [-0.15, -0.1) is 10.2 Å². The number of likely N-dealkylation sites (tertiary alicyclic amines) is 1. The van der Waals surface area contributed by atoms with Crippen molar-refractivity contribution in [3.63, 3.8) is 0 Å². The summed E-state index contributed by atoms with van der Waals surface area (Å²) < 4.78 is 60.2. The van der Waals surface area contributed by atoms with Crippen molar-refractivity contribution in [1.29, 1.82) is 0 Å². The summed E-state index contributed by atoms with van der Waals surface area (Å²) in [6.07, 6.45) is -0.378. The molecule has 6 nitrogen and oxygen atoms in total. The highest BCUT2D eigenvalue weighted by Crippen LogP contribution is 2.64. The van der Waals surface area contributed by atoms with E-state index in [9.17, 15) is 17.6 Å². The summed E-state index contributed by atoms with van der Waals surface area (Å²) in [5.74, 6) is 1.41. The largest absolute Gasteiger partial charge is 0.440 e. The Balaban J connectivity index is 1.11. The van der Waals surface area contributed by atoms with Crippen molar-refractivity contribution in [1.82, 2.24) is 24.6 Å². The van der Waals surface area contributed by atoms with Crippen LogP contribution < -0.4 is 0 Å². The van der Waals surface area contributed by atoms with Crippen LogP contribution in [0.5, 0.6) is 0 Å². The Morgan fingerprint density at radius 3 is 2.79 bits per heavy atom. The minimum atomic E-state index is -4.52. The molecule has 11 heteroatoms. The van der Waals surface area contributed by atoms with E-state index in [2.05, 4.69) is 20.1 Å². The Morgan fingerprint density at radius 2 is 2.09 bits per heavy atom. The first-order valence-corrected chi connectivity index (χ1v) is 12.2. The number of thioether (sulfide) groups is 1. The summed E-state index contributed by atoms with van der Waals surface area (Å²) in [5, 5.41) is 9.29. The molecule has 0 N–H and O–H groups in total. The van der Waals surface area contributed by atoms with E-state index >= 15 is 0 Å². The molecule has 182 valence electrons. The van der Waals surface area contributed by atoms with Crippen LogP contribution in [0.25, 0.3) is 11.6 Å². The number of nitrogens with zero attached hydrogens (tertiary/aromatic N) is 5. The molecular weight excluding hydrogens is 470 g/mol. The molecule has 0 bridgehead atoms. The molecular formula is C23H25F4N5OS. The van der Waals surface area contributed by atoms with E-state index in [1.54, 1.807) is 11.8 Å². The molecule has 2 atom stereocenters. The summed E-state index contributed by atoms with van der Waals surface area (Å²) >= 11 is 1.63. The van der Waals surface area contributed by atoms with Crippen LogP contribution in [0.15, 0.2) is 34.2 Å². The second kappa shape index (κ2) is 8.67. The quantitative estimate of drug-likeness (QED) is 0.252. The summed E-state index contributed by atoms with van der Waals surface area (Å²) in [6, 6.07) is 2.95. The Labute approximate surface area is 198 Å². The molecule has 5 rings (SSSR count). The van der Waals surface area contributed by atoms with Gasteiger partial charge in [-0.05, 0) is 68.3 Å². The summed E-state index contributed by atoms with van der Waals surface area (Å²) in [6.45, 7) is 4.58. The molecule has 1 spiro atoms. The van der Waals surface area contributed by atoms with E-state index in [4.69, 9.17) is 4.42 Å². The standard InChI is InChI=1S/C23H25F4N5OS/c1-14-19(33-13-28-14)20-29-30-21(31(20)2)34-9-3-7-32-8-6-22(12-32)11-17(22)16-5-4-15(10-18(16)24)23(25,26)27/h4-5,10,13,17H,3,6-9,11-12H2,1-2H3/t17-,22-/m0/s1. The SMILES string of the molecule is Cc1ncoc1-c1nnc(SCCCN2CC[C@]3(C[C@H]3c3ccc(C(F)(F)F)cc3F)C2)n1C. The third kappa shape index (κ3) is 4.35. The lowest BCUT2D eigenvalue weighted by molar-refractivity contribution is -0.137. The van der Waals surface area contributed by atoms with E-state index in [1.807, 2.05) is 18.5 Å². The van der Waals surface area contributed by atoms with Crippen LogP contribution in [0.1, 0.15) is 42.0 Å². The molecule has 1 saturated heterocycles. The van der Waals surface area contributed by atoms with Gasteiger partial charge >= 0.3 is 6.18 Å². The molecule has 3 heterocycles. The number of aryl methyl sites for hydroxylation is 1. The Hall–Kier alpha value is -2.40. The molecule has 2 fully saturated rings. The van der Waals surface area contributed by atoms with Crippen molar-refractivity contribution < 1.29 is 22.0 Å². The number of oxazole rings is 1. The van der Waals surface area contributed by atoms with Gasteiger partial charge in [0, 0.05) is 19.3 Å². The van der Waals surface area contributed by atoms with E-state index in [-0.39, 0.29) is 11.3 Å². The van der Waals surface area contributed by atoms with Gasteiger partial charge in [-0.2, -0.15) is 13.2 Å². The van der Waals surface area contributed by atoms with Gasteiger partial charge in [-0.25, -0.2) is 9.37 Å². The van der Waals surface area contributed by atoms with Gasteiger partial charge in [0.25, 0.3) is 0 Å². The lowest BCUT2D eigenvalue weighted by Gasteiger charge is -2.16. The van der Waals surface area contributed by atoms with Crippen LogP contribution in [-0.2, 0) is 13.2 Å². The Bertz CT molecular complexity index is 1190. The molecule has 1 aromatic carbocycles. The van der Waals surface area contributed by atoms with Crippen LogP contribution in [0.3, 0.4) is 0 Å². The number of aromatic nitrogens is 4. The number of rotatable bonds is 7. The molecule has 1 aliphatic carbocycles. The van der Waals surface area contributed by atoms with Crippen molar-refractivity contribution in [2.45, 2.75) is 43.4 Å². The molecule has 2 aromatic heterocycles. The van der Waals surface area contributed by atoms with Gasteiger partial charge in [0.2, 0.25) is 5.82 Å². The van der Waals surface area contributed by atoms with Gasteiger partial charge < -0.3 is 13.9 Å². The highest BCUT2D eigenvalue weighted by molar-refractivity contribution is 7.99. The molecule has 1 aliphatic heterocycles. The smallest absolute Gasteiger partial charge is 0.416 e. The maximum atomic E-state index is 14.4. The topological polar surface area (TPSA) is 60.0 Å². The van der Waals surface area contributed by atoms with Gasteiger partial charge in [0.05, 0.1) is 11.3 Å². The molecule has 0 unspecified atom stereocenters. The Morgan fingerprint density at radius 1 is 1.26 bits per heavy atom. The zero-order valence-corrected chi connectivity index (χ0v) is 19.7. The normalized spacial score (nSPS) is 22.7. The summed E-state index contributed by atoms with van der Waals surface area (Å²) in [5.41, 5.74) is 0.260. The van der Waals surface area contributed by atoms with E-state index < -0.39 is 17.6 Å². The zero-order valence-electron chi connectivity index (χ0n) is 18.9. The minimum absolute atomic E-state index is 0.00115. The van der Waals surface area contributed by atoms with Crippen molar-refractivity contribution in [2.24, 2.45) is 12.5 Å². The van der Waals surface area contributed by atoms with Gasteiger partial charge in [-0.3, -0.25) is 0 Å². The molecule has 3 aromatic rings. The lowest BCUT2D eigenvalue weighted by Crippen LogP contribution is -2.23. The maximum Gasteiger partial charge on any atom is 0.416 e. The number of hydrogen-bond acceptors (Lipinski definition) is 6. The van der Waals surface area contributed by atoms with E-state index in [1.165, 1.54) is 12.5 Å². The van der Waals surface area contributed by atoms with Crippen molar-refractivity contribution in [3.05, 3.63) is 47.2 Å². The molecule has 0 amide bonds. The maximum absolute atomic E-state index is 14.4. The fourth-order valence-electron chi connectivity index (χ4n) is 5.01. The molecule has 0 radical (unpaired) electrons. The van der Waals surface area contributed by atoms with Crippen molar-refractivity contribution >= 4 is 11.8 Å². The molecule has 1 saturated carbocycles. The summed E-state index contributed by atoms with van der Waals surface area (Å²) in [7, 11) is 1.90. The third-order valence-corrected chi connectivity index (χ3v) is 8.10. The van der Waals surface area contributed by atoms with Crippen molar-refractivity contribution in [3.8, 4) is 11.6 Å². The van der Waals surface area contributed by atoms with Crippen LogP contribution in [-0.4, -0.2) is 50.0 Å². The van der Waals surface area contributed by atoms with Gasteiger partial charge in [0.15, 0.2) is 17.3 Å². The van der Waals surface area contributed by atoms with Crippen LogP contribution >= 0.6 is 11.8 Å². The highest BCUT2D eigenvalue weighted by Gasteiger charge is 2.58. The Kier molecular flexibility index (Phi) is 5.96. The third-order valence-electron chi connectivity index (χ3n) is 6.99. The predicted molar refractivity (Wildman–Crippen MR) is 119 cm³/mol. The average molecular weight is 496 g/mol. The van der Waals surface area contributed by atoms with Gasteiger partial charge in [-0.1, -0.05) is 17.8 Å². The van der Waals surface area contributed by atoms with Crippen molar-refractivity contribution in [2.75, 3.05) is 25.4 Å². The number of alkyl halides is 3. The number of halogens is 4. The molecule has 34 heavy (non-hydrogen) atoms. The van der Waals surface area contributed by atoms with Crippen LogP contribution in [0, 0.1) is 18.2 Å². The highest BCUT2D eigenvalue weighted by atomic mass is 32.2.